The van der Waals surface area contributed by atoms with Crippen molar-refractivity contribution >= 4 is 40.8 Å². The van der Waals surface area contributed by atoms with Crippen LogP contribution in [0.5, 0.6) is 11.5 Å². The fraction of sp³-hybridized carbons (Fsp3) is 0.241. The van der Waals surface area contributed by atoms with Crippen LogP contribution in [0.25, 0.3) is 0 Å². The number of rotatable bonds is 8. The molecule has 0 aliphatic carbocycles. The topological polar surface area (TPSA) is 101 Å². The van der Waals surface area contributed by atoms with Crippen LogP contribution in [0.15, 0.2) is 77.1 Å². The SMILES string of the molecule is COc1cc(C(C)(C)c2cnc(SCc3ccc(Cl)c(/C(N)=N/N)c3)n2C)ccc1Cl.COc1ccccc1F. The molecule has 0 bridgehead atoms. The van der Waals surface area contributed by atoms with Gasteiger partial charge in [0.05, 0.1) is 30.5 Å². The third-order valence-electron chi connectivity index (χ3n) is 6.33. The number of nitrogens with zero attached hydrogens (tertiary/aromatic N) is 3. The van der Waals surface area contributed by atoms with Gasteiger partial charge in [-0.3, -0.25) is 0 Å². The van der Waals surface area contributed by atoms with Gasteiger partial charge in [-0.2, -0.15) is 5.10 Å². The minimum Gasteiger partial charge on any atom is -0.495 e. The van der Waals surface area contributed by atoms with Crippen molar-refractivity contribution in [1.82, 2.24) is 9.55 Å². The molecule has 1 heterocycles. The first kappa shape index (κ1) is 31.1. The number of ether oxygens (including phenoxy) is 2. The van der Waals surface area contributed by atoms with Crippen molar-refractivity contribution in [2.24, 2.45) is 23.7 Å². The molecule has 0 saturated carbocycles. The van der Waals surface area contributed by atoms with Crippen LogP contribution in [-0.2, 0) is 18.2 Å². The van der Waals surface area contributed by atoms with E-state index in [0.717, 1.165) is 22.0 Å². The van der Waals surface area contributed by atoms with E-state index in [1.807, 2.05) is 43.6 Å². The van der Waals surface area contributed by atoms with Crippen LogP contribution in [0.2, 0.25) is 10.0 Å². The van der Waals surface area contributed by atoms with Crippen molar-refractivity contribution in [3.05, 3.63) is 105 Å². The molecule has 7 nitrogen and oxygen atoms in total. The number of hydrogen-bond acceptors (Lipinski definition) is 6. The highest BCUT2D eigenvalue weighted by molar-refractivity contribution is 7.98. The Labute approximate surface area is 248 Å². The minimum absolute atomic E-state index is 0.205. The van der Waals surface area contributed by atoms with Crippen molar-refractivity contribution in [2.45, 2.75) is 30.2 Å². The fourth-order valence-corrected chi connectivity index (χ4v) is 5.29. The summed E-state index contributed by atoms with van der Waals surface area (Å²) < 4.78 is 24.6. The van der Waals surface area contributed by atoms with Crippen molar-refractivity contribution in [2.75, 3.05) is 14.2 Å². The molecular weight excluding hydrogens is 572 g/mol. The quantitative estimate of drug-likeness (QED) is 0.0758. The van der Waals surface area contributed by atoms with Gasteiger partial charge in [-0.15, -0.1) is 0 Å². The number of imidazole rings is 1. The smallest absolute Gasteiger partial charge is 0.168 e. The summed E-state index contributed by atoms with van der Waals surface area (Å²) in [7, 11) is 5.08. The van der Waals surface area contributed by atoms with E-state index in [2.05, 4.69) is 33.2 Å². The lowest BCUT2D eigenvalue weighted by atomic mass is 9.81. The Kier molecular flexibility index (Phi) is 10.7. The zero-order chi connectivity index (χ0) is 29.4. The average molecular weight is 605 g/mol. The lowest BCUT2D eigenvalue weighted by Gasteiger charge is -2.26. The fourth-order valence-electron chi connectivity index (χ4n) is 3.99. The highest BCUT2D eigenvalue weighted by Crippen LogP contribution is 2.37. The summed E-state index contributed by atoms with van der Waals surface area (Å²) in [6.45, 7) is 4.31. The third-order valence-corrected chi connectivity index (χ3v) is 8.09. The maximum Gasteiger partial charge on any atom is 0.168 e. The standard InChI is InChI=1S/C22H25Cl2N5OS.C7H7FO/c1-22(2,14-6-8-17(24)18(10-14)30-4)19-11-27-21(29(19)3)31-12-13-5-7-16(23)15(9-13)20(25)28-26;1-9-7-5-3-2-4-6(7)8/h5-11H,12,26H2,1-4H3,(H2,25,28);2-5H,1H3. The summed E-state index contributed by atoms with van der Waals surface area (Å²) in [5.74, 6) is 6.82. The highest BCUT2D eigenvalue weighted by atomic mass is 35.5. The van der Waals surface area contributed by atoms with Crippen LogP contribution < -0.4 is 21.1 Å². The molecule has 4 N–H and O–H groups in total. The molecule has 40 heavy (non-hydrogen) atoms. The molecule has 3 aromatic carbocycles. The number of aromatic nitrogens is 2. The normalized spacial score (nSPS) is 11.6. The number of thioether (sulfide) groups is 1. The first-order valence-corrected chi connectivity index (χ1v) is 13.9. The Hall–Kier alpha value is -3.40. The van der Waals surface area contributed by atoms with Crippen LogP contribution in [0.1, 0.15) is 36.2 Å². The number of benzene rings is 3. The van der Waals surface area contributed by atoms with Gasteiger partial charge in [-0.25, -0.2) is 9.37 Å². The number of hydrogen-bond donors (Lipinski definition) is 2. The van der Waals surface area contributed by atoms with Gasteiger partial charge in [0.15, 0.2) is 22.6 Å². The van der Waals surface area contributed by atoms with E-state index in [1.165, 1.54) is 13.2 Å². The second-order valence-corrected chi connectivity index (χ2v) is 11.0. The van der Waals surface area contributed by atoms with Gasteiger partial charge in [-0.1, -0.05) is 73.1 Å². The van der Waals surface area contributed by atoms with Crippen LogP contribution in [-0.4, -0.2) is 29.6 Å². The predicted octanol–water partition coefficient (Wildman–Crippen LogP) is 6.77. The van der Waals surface area contributed by atoms with Crippen LogP contribution in [0.3, 0.4) is 0 Å². The van der Waals surface area contributed by atoms with Crippen molar-refractivity contribution in [1.29, 1.82) is 0 Å². The van der Waals surface area contributed by atoms with Crippen molar-refractivity contribution in [3.8, 4) is 11.5 Å². The molecule has 4 rings (SSSR count). The Morgan fingerprint density at radius 3 is 2.33 bits per heavy atom. The number of halogens is 3. The number of para-hydroxylation sites is 1. The van der Waals surface area contributed by atoms with E-state index in [1.54, 1.807) is 43.1 Å². The van der Waals surface area contributed by atoms with Gasteiger partial charge in [-0.05, 0) is 47.5 Å². The molecule has 4 aromatic rings. The lowest BCUT2D eigenvalue weighted by Crippen LogP contribution is -2.22. The maximum absolute atomic E-state index is 12.5. The zero-order valence-electron chi connectivity index (χ0n) is 22.9. The van der Waals surface area contributed by atoms with Crippen LogP contribution >= 0.6 is 35.0 Å². The molecule has 0 radical (unpaired) electrons. The molecule has 0 atom stereocenters. The summed E-state index contributed by atoms with van der Waals surface area (Å²) in [6.07, 6.45) is 1.91. The average Bonchev–Trinajstić information content (AvgIpc) is 3.33. The Bertz CT molecular complexity index is 1490. The molecule has 0 aliphatic rings. The molecular formula is C29H32Cl2FN5O2S. The van der Waals surface area contributed by atoms with E-state index in [4.69, 9.17) is 39.5 Å². The second kappa shape index (κ2) is 13.8. The summed E-state index contributed by atoms with van der Waals surface area (Å²) in [5, 5.41) is 5.55. The number of hydrazone groups is 1. The van der Waals surface area contributed by atoms with Gasteiger partial charge in [0.2, 0.25) is 0 Å². The number of nitrogens with two attached hydrogens (primary N) is 2. The number of methoxy groups -OCH3 is 2. The third kappa shape index (κ3) is 7.21. The monoisotopic (exact) mass is 603 g/mol. The van der Waals surface area contributed by atoms with E-state index >= 15 is 0 Å². The second-order valence-electron chi connectivity index (χ2n) is 9.21. The van der Waals surface area contributed by atoms with Gasteiger partial charge in [0.1, 0.15) is 5.75 Å². The Balaban J connectivity index is 0.000000415. The molecule has 0 saturated heterocycles. The number of amidine groups is 1. The molecule has 0 amide bonds. The largest absolute Gasteiger partial charge is 0.495 e. The molecule has 0 fully saturated rings. The van der Waals surface area contributed by atoms with E-state index in [0.29, 0.717) is 27.1 Å². The zero-order valence-corrected chi connectivity index (χ0v) is 25.2. The summed E-state index contributed by atoms with van der Waals surface area (Å²) >= 11 is 14.0. The maximum atomic E-state index is 12.5. The molecule has 212 valence electrons. The highest BCUT2D eigenvalue weighted by Gasteiger charge is 2.28. The van der Waals surface area contributed by atoms with E-state index in [9.17, 15) is 4.39 Å². The summed E-state index contributed by atoms with van der Waals surface area (Å²) in [6, 6.07) is 17.8. The molecule has 1 aromatic heterocycles. The Morgan fingerprint density at radius 2 is 1.70 bits per heavy atom. The molecule has 0 unspecified atom stereocenters. The van der Waals surface area contributed by atoms with E-state index < -0.39 is 0 Å². The van der Waals surface area contributed by atoms with Crippen LogP contribution in [0.4, 0.5) is 4.39 Å². The first-order valence-electron chi connectivity index (χ1n) is 12.1. The summed E-state index contributed by atoms with van der Waals surface area (Å²) in [4.78, 5) is 4.65. The molecule has 11 heteroatoms. The van der Waals surface area contributed by atoms with Gasteiger partial charge in [0, 0.05) is 29.5 Å². The van der Waals surface area contributed by atoms with Crippen molar-refractivity contribution in [3.63, 3.8) is 0 Å². The van der Waals surface area contributed by atoms with Gasteiger partial charge < -0.3 is 25.6 Å². The summed E-state index contributed by atoms with van der Waals surface area (Å²) in [5.41, 5.74) is 9.38. The first-order chi connectivity index (χ1) is 19.0. The van der Waals surface area contributed by atoms with Gasteiger partial charge in [0.25, 0.3) is 0 Å². The lowest BCUT2D eigenvalue weighted by molar-refractivity contribution is 0.386. The van der Waals surface area contributed by atoms with Gasteiger partial charge >= 0.3 is 0 Å². The Morgan fingerprint density at radius 1 is 1.02 bits per heavy atom. The molecule has 0 aliphatic heterocycles. The van der Waals surface area contributed by atoms with E-state index in [-0.39, 0.29) is 22.8 Å². The van der Waals surface area contributed by atoms with Crippen LogP contribution in [0, 0.1) is 5.82 Å². The van der Waals surface area contributed by atoms with Crippen molar-refractivity contribution < 1.29 is 13.9 Å². The predicted molar refractivity (Wildman–Crippen MR) is 162 cm³/mol. The molecule has 0 spiro atoms. The minimum atomic E-state index is -0.319.